The predicted molar refractivity (Wildman–Crippen MR) is 86.9 cm³/mol. The minimum Gasteiger partial charge on any atom is -0.207 e. The average Bonchev–Trinajstić information content (AvgIpc) is 2.44. The summed E-state index contributed by atoms with van der Waals surface area (Å²) in [7, 11) is -3.47. The summed E-state index contributed by atoms with van der Waals surface area (Å²) in [6.07, 6.45) is 3.57. The van der Waals surface area contributed by atoms with Crippen LogP contribution in [0.2, 0.25) is 5.02 Å². The Kier molecular flexibility index (Phi) is 5.17. The molecule has 0 unspecified atom stereocenters. The first-order valence-electron chi connectivity index (χ1n) is 6.46. The van der Waals surface area contributed by atoms with E-state index in [9.17, 15) is 8.42 Å². The van der Waals surface area contributed by atoms with Crippen LogP contribution in [0.4, 0.5) is 0 Å². The Bertz CT molecular complexity index is 737. The van der Waals surface area contributed by atoms with Gasteiger partial charge >= 0.3 is 0 Å². The lowest BCUT2D eigenvalue weighted by molar-refractivity contribution is 0.585. The number of hydrogen-bond donors (Lipinski definition) is 1. The fourth-order valence-corrected chi connectivity index (χ4v) is 2.94. The Morgan fingerprint density at radius 2 is 1.86 bits per heavy atom. The van der Waals surface area contributed by atoms with E-state index in [4.69, 9.17) is 11.6 Å². The standard InChI is InChI=1S/C16H16ClNO2S/c1-13-7-9-16(10-8-13)21(19,20)18-11-3-5-14-4-2-6-15(17)12-14/h2-10,12,18H,11H2,1H3/b5-3+. The Morgan fingerprint density at radius 3 is 2.52 bits per heavy atom. The Morgan fingerprint density at radius 1 is 1.14 bits per heavy atom. The Balaban J connectivity index is 1.97. The molecule has 1 N–H and O–H groups in total. The maximum Gasteiger partial charge on any atom is 0.240 e. The zero-order chi connectivity index (χ0) is 15.3. The van der Waals surface area contributed by atoms with Gasteiger partial charge in [0.05, 0.1) is 4.90 Å². The molecule has 0 amide bonds. The molecule has 0 aliphatic carbocycles. The largest absolute Gasteiger partial charge is 0.240 e. The van der Waals surface area contributed by atoms with Crippen LogP contribution < -0.4 is 4.72 Å². The summed E-state index contributed by atoms with van der Waals surface area (Å²) in [6, 6.07) is 14.1. The van der Waals surface area contributed by atoms with Gasteiger partial charge in [0, 0.05) is 11.6 Å². The van der Waals surface area contributed by atoms with Crippen LogP contribution in [-0.2, 0) is 10.0 Å². The van der Waals surface area contributed by atoms with Crippen molar-refractivity contribution in [3.8, 4) is 0 Å². The molecule has 0 radical (unpaired) electrons. The number of aryl methyl sites for hydroxylation is 1. The van der Waals surface area contributed by atoms with Crippen molar-refractivity contribution >= 4 is 27.7 Å². The number of sulfonamides is 1. The molecule has 0 spiro atoms. The third-order valence-corrected chi connectivity index (χ3v) is 4.56. The fourth-order valence-electron chi connectivity index (χ4n) is 1.76. The molecule has 2 aromatic rings. The lowest BCUT2D eigenvalue weighted by atomic mass is 10.2. The van der Waals surface area contributed by atoms with E-state index in [1.165, 1.54) is 0 Å². The molecule has 0 bridgehead atoms. The highest BCUT2D eigenvalue weighted by Crippen LogP contribution is 2.12. The predicted octanol–water partition coefficient (Wildman–Crippen LogP) is 3.64. The highest BCUT2D eigenvalue weighted by atomic mass is 35.5. The number of nitrogens with one attached hydrogen (secondary N) is 1. The molecule has 0 atom stereocenters. The molecule has 110 valence electrons. The SMILES string of the molecule is Cc1ccc(S(=O)(=O)NC/C=C/c2cccc(Cl)c2)cc1. The van der Waals surface area contributed by atoms with E-state index in [0.717, 1.165) is 11.1 Å². The van der Waals surface area contributed by atoms with E-state index in [0.29, 0.717) is 5.02 Å². The van der Waals surface area contributed by atoms with Crippen LogP contribution in [0.1, 0.15) is 11.1 Å². The van der Waals surface area contributed by atoms with E-state index in [2.05, 4.69) is 4.72 Å². The molecule has 0 fully saturated rings. The quantitative estimate of drug-likeness (QED) is 0.914. The summed E-state index contributed by atoms with van der Waals surface area (Å²) in [6.45, 7) is 2.14. The van der Waals surface area contributed by atoms with Crippen molar-refractivity contribution in [2.24, 2.45) is 0 Å². The van der Waals surface area contributed by atoms with Crippen LogP contribution in [0.15, 0.2) is 59.5 Å². The zero-order valence-electron chi connectivity index (χ0n) is 11.6. The van der Waals surface area contributed by atoms with Crippen LogP contribution in [0, 0.1) is 6.92 Å². The van der Waals surface area contributed by atoms with Crippen LogP contribution in [0.5, 0.6) is 0 Å². The molecule has 3 nitrogen and oxygen atoms in total. The molecule has 0 saturated carbocycles. The molecular weight excluding hydrogens is 306 g/mol. The van der Waals surface area contributed by atoms with Gasteiger partial charge in [0.1, 0.15) is 0 Å². The molecule has 0 aromatic heterocycles. The second-order valence-corrected chi connectivity index (χ2v) is 6.83. The molecule has 2 aromatic carbocycles. The molecule has 0 heterocycles. The second-order valence-electron chi connectivity index (χ2n) is 4.62. The van der Waals surface area contributed by atoms with Crippen molar-refractivity contribution in [2.45, 2.75) is 11.8 Å². The lowest BCUT2D eigenvalue weighted by Gasteiger charge is -2.04. The fraction of sp³-hybridized carbons (Fsp3) is 0.125. The van der Waals surface area contributed by atoms with E-state index in [-0.39, 0.29) is 11.4 Å². The van der Waals surface area contributed by atoms with Crippen LogP contribution in [0.25, 0.3) is 6.08 Å². The monoisotopic (exact) mass is 321 g/mol. The average molecular weight is 322 g/mol. The molecule has 0 aliphatic rings. The normalized spacial score (nSPS) is 11.9. The van der Waals surface area contributed by atoms with Gasteiger partial charge in [0.25, 0.3) is 0 Å². The van der Waals surface area contributed by atoms with E-state index < -0.39 is 10.0 Å². The van der Waals surface area contributed by atoms with E-state index >= 15 is 0 Å². The zero-order valence-corrected chi connectivity index (χ0v) is 13.2. The summed E-state index contributed by atoms with van der Waals surface area (Å²) < 4.78 is 26.6. The molecule has 5 heteroatoms. The van der Waals surface area contributed by atoms with Crippen LogP contribution in [-0.4, -0.2) is 15.0 Å². The highest BCUT2D eigenvalue weighted by Gasteiger charge is 2.11. The van der Waals surface area contributed by atoms with Gasteiger partial charge in [0.15, 0.2) is 0 Å². The van der Waals surface area contributed by atoms with Crippen molar-refractivity contribution in [3.05, 3.63) is 70.8 Å². The highest BCUT2D eigenvalue weighted by molar-refractivity contribution is 7.89. The molecule has 0 aliphatic heterocycles. The third-order valence-electron chi connectivity index (χ3n) is 2.88. The summed E-state index contributed by atoms with van der Waals surface area (Å²) in [5, 5.41) is 0.650. The minimum atomic E-state index is -3.47. The molecule has 0 saturated heterocycles. The Hall–Kier alpha value is -1.62. The molecular formula is C16H16ClNO2S. The van der Waals surface area contributed by atoms with Crippen LogP contribution >= 0.6 is 11.6 Å². The third kappa shape index (κ3) is 4.70. The Labute approximate surface area is 130 Å². The number of halogens is 1. The minimum absolute atomic E-state index is 0.225. The van der Waals surface area contributed by atoms with Gasteiger partial charge in [-0.05, 0) is 36.8 Å². The topological polar surface area (TPSA) is 46.2 Å². The van der Waals surface area contributed by atoms with Gasteiger partial charge < -0.3 is 0 Å². The van der Waals surface area contributed by atoms with E-state index in [1.807, 2.05) is 31.2 Å². The van der Waals surface area contributed by atoms with E-state index in [1.54, 1.807) is 36.4 Å². The van der Waals surface area contributed by atoms with Crippen molar-refractivity contribution in [1.82, 2.24) is 4.72 Å². The number of hydrogen-bond acceptors (Lipinski definition) is 2. The van der Waals surface area contributed by atoms with Gasteiger partial charge in [-0.15, -0.1) is 0 Å². The lowest BCUT2D eigenvalue weighted by Crippen LogP contribution is -2.23. The van der Waals surface area contributed by atoms with Gasteiger partial charge in [-0.3, -0.25) is 0 Å². The molecule has 21 heavy (non-hydrogen) atoms. The summed E-state index contributed by atoms with van der Waals surface area (Å²) in [5.74, 6) is 0. The number of rotatable bonds is 5. The van der Waals surface area contributed by atoms with Gasteiger partial charge in [-0.25, -0.2) is 13.1 Å². The first-order valence-corrected chi connectivity index (χ1v) is 8.32. The summed E-state index contributed by atoms with van der Waals surface area (Å²) in [5.41, 5.74) is 1.95. The molecule has 2 rings (SSSR count). The van der Waals surface area contributed by atoms with Crippen molar-refractivity contribution in [1.29, 1.82) is 0 Å². The second kappa shape index (κ2) is 6.89. The maximum absolute atomic E-state index is 12.0. The number of benzene rings is 2. The van der Waals surface area contributed by atoms with Crippen molar-refractivity contribution in [2.75, 3.05) is 6.54 Å². The van der Waals surface area contributed by atoms with Gasteiger partial charge in [-0.1, -0.05) is 53.6 Å². The maximum atomic E-state index is 12.0. The van der Waals surface area contributed by atoms with Gasteiger partial charge in [0.2, 0.25) is 10.0 Å². The van der Waals surface area contributed by atoms with Gasteiger partial charge in [-0.2, -0.15) is 0 Å². The van der Waals surface area contributed by atoms with Crippen molar-refractivity contribution in [3.63, 3.8) is 0 Å². The first-order chi connectivity index (χ1) is 9.97. The van der Waals surface area contributed by atoms with Crippen LogP contribution in [0.3, 0.4) is 0 Å². The first kappa shape index (κ1) is 15.8. The summed E-state index contributed by atoms with van der Waals surface area (Å²) >= 11 is 5.88. The smallest absolute Gasteiger partial charge is 0.207 e. The van der Waals surface area contributed by atoms with Crippen molar-refractivity contribution < 1.29 is 8.42 Å². The summed E-state index contributed by atoms with van der Waals surface area (Å²) in [4.78, 5) is 0.268.